The second kappa shape index (κ2) is 8.28. The van der Waals surface area contributed by atoms with E-state index in [0.29, 0.717) is 24.2 Å². The number of aliphatic imine (C=N–C) groups is 1. The molecule has 1 aliphatic rings. The molecule has 22 heavy (non-hydrogen) atoms. The van der Waals surface area contributed by atoms with E-state index in [1.165, 1.54) is 11.0 Å². The van der Waals surface area contributed by atoms with Crippen LogP contribution in [0.4, 0.5) is 14.9 Å². The van der Waals surface area contributed by atoms with Crippen molar-refractivity contribution in [3.8, 4) is 0 Å². The maximum absolute atomic E-state index is 14.1. The minimum atomic E-state index is -0.565. The van der Waals surface area contributed by atoms with Crippen LogP contribution >= 0.6 is 21.0 Å². The van der Waals surface area contributed by atoms with Gasteiger partial charge in [-0.2, -0.15) is 0 Å². The molecule has 0 aromatic heterocycles. The Balaban J connectivity index is 2.02. The van der Waals surface area contributed by atoms with Gasteiger partial charge in [0, 0.05) is 34.6 Å². The Morgan fingerprint density at radius 2 is 2.41 bits per heavy atom. The molecule has 1 aromatic rings. The Morgan fingerprint density at radius 1 is 1.59 bits per heavy atom. The van der Waals surface area contributed by atoms with Crippen LogP contribution in [0.5, 0.6) is 0 Å². The first-order valence-corrected chi connectivity index (χ1v) is 8.94. The van der Waals surface area contributed by atoms with E-state index < -0.39 is 33.2 Å². The number of nitrogens with zero attached hydrogens (tertiary/aromatic N) is 3. The van der Waals surface area contributed by atoms with E-state index in [0.717, 1.165) is 0 Å². The molecule has 1 atom stereocenters. The highest BCUT2D eigenvalue weighted by Crippen LogP contribution is 2.24. The highest BCUT2D eigenvalue weighted by molar-refractivity contribution is 14.2. The Morgan fingerprint density at radius 3 is 3.05 bits per heavy atom. The number of hydrogen-bond donors (Lipinski definition) is 1. The van der Waals surface area contributed by atoms with Gasteiger partial charge in [-0.15, -0.1) is 0 Å². The molecule has 1 fully saturated rings. The molecule has 0 radical (unpaired) electrons. The lowest BCUT2D eigenvalue weighted by atomic mass is 10.1. The second-order valence-corrected chi connectivity index (χ2v) is 6.42. The monoisotopic (exact) mass is 421 g/mol. The molecular formula is C14H17FIN3O3. The largest absolute Gasteiger partial charge is 0.441 e. The van der Waals surface area contributed by atoms with E-state index >= 15 is 0 Å². The Labute approximate surface area is 138 Å². The minimum absolute atomic E-state index is 0.226. The van der Waals surface area contributed by atoms with Crippen molar-refractivity contribution in [2.24, 2.45) is 8.14 Å². The van der Waals surface area contributed by atoms with Gasteiger partial charge in [0.05, 0.1) is 23.1 Å². The van der Waals surface area contributed by atoms with Gasteiger partial charge in [-0.05, 0) is 24.1 Å². The van der Waals surface area contributed by atoms with E-state index in [1.54, 1.807) is 23.4 Å². The fourth-order valence-corrected chi connectivity index (χ4v) is 2.97. The number of aliphatic hydroxyl groups excluding tert-OH is 1. The number of aliphatic hydroxyl groups is 1. The molecule has 0 saturated carbocycles. The van der Waals surface area contributed by atoms with Crippen LogP contribution < -0.4 is 4.90 Å². The van der Waals surface area contributed by atoms with Gasteiger partial charge in [-0.1, -0.05) is 6.07 Å². The van der Waals surface area contributed by atoms with Gasteiger partial charge in [0.25, 0.3) is 0 Å². The Kier molecular flexibility index (Phi) is 6.37. The van der Waals surface area contributed by atoms with Crippen molar-refractivity contribution >= 4 is 37.0 Å². The maximum Gasteiger partial charge on any atom is 0.414 e. The van der Waals surface area contributed by atoms with Gasteiger partial charge in [-0.3, -0.25) is 13.0 Å². The van der Waals surface area contributed by atoms with Crippen molar-refractivity contribution in [3.05, 3.63) is 29.6 Å². The Hall–Kier alpha value is -1.42. The molecule has 6 nitrogen and oxygen atoms in total. The molecular weight excluding hydrogens is 404 g/mol. The van der Waals surface area contributed by atoms with E-state index in [1.807, 2.05) is 0 Å². The third-order valence-corrected chi connectivity index (χ3v) is 4.78. The number of ether oxygens (including phenoxy) is 1. The van der Waals surface area contributed by atoms with Crippen LogP contribution in [-0.4, -0.2) is 48.3 Å². The highest BCUT2D eigenvalue weighted by atomic mass is 127. The number of halogens is 2. The van der Waals surface area contributed by atoms with E-state index in [4.69, 9.17) is 9.84 Å². The summed E-state index contributed by atoms with van der Waals surface area (Å²) in [6.45, 7) is 0.548. The van der Waals surface area contributed by atoms with Crippen LogP contribution in [0.1, 0.15) is 5.56 Å². The van der Waals surface area contributed by atoms with Crippen LogP contribution in [0, 0.1) is 5.82 Å². The van der Waals surface area contributed by atoms with Gasteiger partial charge in [0.15, 0.2) is 0 Å². The predicted molar refractivity (Wildman–Crippen MR) is 90.5 cm³/mol. The summed E-state index contributed by atoms with van der Waals surface area (Å²) in [5.41, 5.74) is 1.00. The molecule has 120 valence electrons. The summed E-state index contributed by atoms with van der Waals surface area (Å²) < 4.78 is 25.2. The van der Waals surface area contributed by atoms with E-state index in [2.05, 4.69) is 8.14 Å². The van der Waals surface area contributed by atoms with Gasteiger partial charge in [-0.25, -0.2) is 9.18 Å². The fraction of sp³-hybridized carbons (Fsp3) is 0.429. The first-order valence-electron chi connectivity index (χ1n) is 6.73. The van der Waals surface area contributed by atoms with Crippen molar-refractivity contribution in [1.29, 1.82) is 0 Å². The molecule has 0 aliphatic carbocycles. The van der Waals surface area contributed by atoms with Gasteiger partial charge in [0.2, 0.25) is 0 Å². The summed E-state index contributed by atoms with van der Waals surface area (Å²) in [5.74, 6) is -0.365. The third-order valence-electron chi connectivity index (χ3n) is 3.10. The molecule has 0 bridgehead atoms. The van der Waals surface area contributed by atoms with Crippen molar-refractivity contribution in [3.63, 3.8) is 0 Å². The molecule has 1 aromatic carbocycles. The average molecular weight is 421 g/mol. The average Bonchev–Trinajstić information content (AvgIpc) is 2.89. The normalized spacial score (nSPS) is 19.0. The van der Waals surface area contributed by atoms with Crippen molar-refractivity contribution in [2.75, 3.05) is 31.6 Å². The van der Waals surface area contributed by atoms with Crippen molar-refractivity contribution in [1.82, 2.24) is 0 Å². The molecule has 2 rings (SSSR count). The van der Waals surface area contributed by atoms with Gasteiger partial charge >= 0.3 is 6.09 Å². The van der Waals surface area contributed by atoms with Crippen LogP contribution in [0.25, 0.3) is 0 Å². The predicted octanol–water partition coefficient (Wildman–Crippen LogP) is 2.50. The lowest BCUT2D eigenvalue weighted by molar-refractivity contribution is 0.0963. The fourth-order valence-electron chi connectivity index (χ4n) is 2.02. The molecule has 1 amide bonds. The number of cyclic esters (lactones) is 1. The summed E-state index contributed by atoms with van der Waals surface area (Å²) in [6, 6.07) is 4.66. The summed E-state index contributed by atoms with van der Waals surface area (Å²) in [5, 5.41) is 9.01. The highest BCUT2D eigenvalue weighted by Gasteiger charge is 2.32. The molecule has 1 saturated heterocycles. The number of rotatable bonds is 6. The van der Waals surface area contributed by atoms with E-state index in [-0.39, 0.29) is 19.0 Å². The summed E-state index contributed by atoms with van der Waals surface area (Å²) >= 11 is -0.393. The van der Waals surface area contributed by atoms with Crippen molar-refractivity contribution < 1.29 is 19.0 Å². The summed E-state index contributed by atoms with van der Waals surface area (Å²) in [4.78, 5) is 16.8. The lowest BCUT2D eigenvalue weighted by Crippen LogP contribution is -2.25. The molecule has 1 heterocycles. The smallest absolute Gasteiger partial charge is 0.414 e. The number of hydrogen-bond acceptors (Lipinski definition) is 5. The molecule has 0 spiro atoms. The van der Waals surface area contributed by atoms with Crippen LogP contribution in [0.3, 0.4) is 0 Å². The first-order chi connectivity index (χ1) is 10.7. The standard InChI is InChI=1S/C14H17FIN3O3/c1-17-9-16-18-5-4-10-2-3-11(6-13(10)15)19-7-12(8-20)22-14(19)21/h2-3,6,9,12,20H,4-5,7-8H2,1H3/t12-/m1/s1. The summed E-state index contributed by atoms with van der Waals surface area (Å²) in [7, 11) is 1.71. The molecule has 1 N–H and O–H groups in total. The maximum atomic E-state index is 14.1. The van der Waals surface area contributed by atoms with E-state index in [9.17, 15) is 9.18 Å². The van der Waals surface area contributed by atoms with Crippen LogP contribution in [0.2, 0.25) is 0 Å². The SMILES string of the molecule is CN=CI=NCCc1ccc(N2C[C@H](CO)OC2=O)cc1F. The van der Waals surface area contributed by atoms with Crippen molar-refractivity contribution in [2.45, 2.75) is 12.5 Å². The number of carbonyl (C=O) groups is 1. The zero-order valence-electron chi connectivity index (χ0n) is 12.1. The molecule has 8 heteroatoms. The van der Waals surface area contributed by atoms with Gasteiger partial charge in [0.1, 0.15) is 11.9 Å². The quantitative estimate of drug-likeness (QED) is 0.567. The zero-order valence-corrected chi connectivity index (χ0v) is 14.2. The third kappa shape index (κ3) is 4.29. The zero-order chi connectivity index (χ0) is 15.9. The lowest BCUT2D eigenvalue weighted by Gasteiger charge is -2.14. The molecule has 1 aliphatic heterocycles. The Bertz CT molecular complexity index is 595. The second-order valence-electron chi connectivity index (χ2n) is 4.62. The number of carbonyl (C=O) groups excluding carboxylic acids is 1. The molecule has 0 unspecified atom stereocenters. The summed E-state index contributed by atoms with van der Waals surface area (Å²) in [6.07, 6.45) is -0.601. The van der Waals surface area contributed by atoms with Gasteiger partial charge < -0.3 is 9.84 Å². The number of amides is 1. The minimum Gasteiger partial charge on any atom is -0.441 e. The van der Waals surface area contributed by atoms with Crippen LogP contribution in [0.15, 0.2) is 26.3 Å². The topological polar surface area (TPSA) is 74.5 Å². The number of anilines is 1. The number of benzene rings is 1. The van der Waals surface area contributed by atoms with Crippen LogP contribution in [-0.2, 0) is 11.2 Å². The first kappa shape index (κ1) is 16.9.